The van der Waals surface area contributed by atoms with Gasteiger partial charge in [0.15, 0.2) is 0 Å². The highest BCUT2D eigenvalue weighted by Crippen LogP contribution is 2.24. The van der Waals surface area contributed by atoms with E-state index in [1.54, 1.807) is 13.8 Å². The molecular formula is C18H26N2O2. The van der Waals surface area contributed by atoms with E-state index in [0.29, 0.717) is 0 Å². The van der Waals surface area contributed by atoms with Gasteiger partial charge in [0.1, 0.15) is 5.41 Å². The number of hydrogen-bond acceptors (Lipinski definition) is 2. The summed E-state index contributed by atoms with van der Waals surface area (Å²) in [4.78, 5) is 27.1. The lowest BCUT2D eigenvalue weighted by molar-refractivity contribution is -0.147. The van der Waals surface area contributed by atoms with Crippen molar-refractivity contribution in [2.24, 2.45) is 5.41 Å². The first-order valence-corrected chi connectivity index (χ1v) is 8.00. The Labute approximate surface area is 132 Å². The van der Waals surface area contributed by atoms with Crippen LogP contribution < -0.4 is 5.32 Å². The Bertz CT molecular complexity index is 552. The number of likely N-dealkylation sites (tertiary alicyclic amines) is 1. The van der Waals surface area contributed by atoms with E-state index in [2.05, 4.69) is 11.4 Å². The molecule has 2 amide bonds. The van der Waals surface area contributed by atoms with Crippen LogP contribution in [-0.4, -0.2) is 29.8 Å². The maximum Gasteiger partial charge on any atom is 0.239 e. The van der Waals surface area contributed by atoms with E-state index < -0.39 is 5.41 Å². The van der Waals surface area contributed by atoms with Crippen molar-refractivity contribution in [1.82, 2.24) is 4.90 Å². The van der Waals surface area contributed by atoms with Gasteiger partial charge >= 0.3 is 0 Å². The van der Waals surface area contributed by atoms with Gasteiger partial charge in [-0.05, 0) is 70.2 Å². The minimum absolute atomic E-state index is 0.0749. The Hall–Kier alpha value is -1.84. The number of piperidine rings is 1. The van der Waals surface area contributed by atoms with Crippen LogP contribution in [0, 0.1) is 19.3 Å². The lowest BCUT2D eigenvalue weighted by atomic mass is 9.89. The van der Waals surface area contributed by atoms with E-state index in [1.807, 2.05) is 30.9 Å². The van der Waals surface area contributed by atoms with Crippen molar-refractivity contribution in [3.63, 3.8) is 0 Å². The number of amides is 2. The highest BCUT2D eigenvalue weighted by atomic mass is 16.2. The molecule has 0 atom stereocenters. The molecule has 4 heteroatoms. The van der Waals surface area contributed by atoms with E-state index in [1.165, 1.54) is 6.42 Å². The lowest BCUT2D eigenvalue weighted by Crippen LogP contribution is -2.49. The Balaban J connectivity index is 2.10. The van der Waals surface area contributed by atoms with Crippen LogP contribution in [0.4, 0.5) is 5.69 Å². The zero-order chi connectivity index (χ0) is 16.3. The lowest BCUT2D eigenvalue weighted by Gasteiger charge is -2.33. The van der Waals surface area contributed by atoms with Gasteiger partial charge in [-0.1, -0.05) is 6.07 Å². The van der Waals surface area contributed by atoms with Crippen molar-refractivity contribution in [3.05, 3.63) is 29.3 Å². The Morgan fingerprint density at radius 1 is 1.00 bits per heavy atom. The number of aryl methyl sites for hydroxylation is 2. The molecule has 0 saturated carbocycles. The number of carbonyl (C=O) groups is 2. The average Bonchev–Trinajstić information content (AvgIpc) is 2.46. The third-order valence-electron chi connectivity index (χ3n) is 4.23. The van der Waals surface area contributed by atoms with Gasteiger partial charge in [0.05, 0.1) is 0 Å². The summed E-state index contributed by atoms with van der Waals surface area (Å²) >= 11 is 0. The third-order valence-corrected chi connectivity index (χ3v) is 4.23. The molecule has 0 aromatic heterocycles. The van der Waals surface area contributed by atoms with Gasteiger partial charge in [0.25, 0.3) is 0 Å². The number of anilines is 1. The Morgan fingerprint density at radius 2 is 1.55 bits per heavy atom. The zero-order valence-corrected chi connectivity index (χ0v) is 14.0. The molecule has 1 saturated heterocycles. The summed E-state index contributed by atoms with van der Waals surface area (Å²) in [6.07, 6.45) is 3.22. The molecule has 1 aliphatic heterocycles. The summed E-state index contributed by atoms with van der Waals surface area (Å²) in [5.74, 6) is -0.317. The molecule has 0 aliphatic carbocycles. The smallest absolute Gasteiger partial charge is 0.239 e. The van der Waals surface area contributed by atoms with E-state index in [4.69, 9.17) is 0 Å². The standard InChI is InChI=1S/C18H26N2O2/c1-13-10-14(2)12-15(11-13)19-16(21)18(3,4)17(22)20-8-6-5-7-9-20/h10-12H,5-9H2,1-4H3,(H,19,21). The number of carbonyl (C=O) groups excluding carboxylic acids is 2. The largest absolute Gasteiger partial charge is 0.342 e. The number of hydrogen-bond donors (Lipinski definition) is 1. The summed E-state index contributed by atoms with van der Waals surface area (Å²) in [6.45, 7) is 8.93. The summed E-state index contributed by atoms with van der Waals surface area (Å²) in [6, 6.07) is 5.90. The molecule has 0 unspecified atom stereocenters. The van der Waals surface area contributed by atoms with Crippen LogP contribution in [0.2, 0.25) is 0 Å². The third kappa shape index (κ3) is 3.67. The highest BCUT2D eigenvalue weighted by molar-refractivity contribution is 6.09. The quantitative estimate of drug-likeness (QED) is 0.871. The second-order valence-corrected chi connectivity index (χ2v) is 6.81. The number of nitrogens with one attached hydrogen (secondary N) is 1. The van der Waals surface area contributed by atoms with Crippen LogP contribution in [0.5, 0.6) is 0 Å². The Kier molecular flexibility index (Phi) is 4.89. The summed E-state index contributed by atoms with van der Waals surface area (Å²) in [5.41, 5.74) is 1.89. The van der Waals surface area contributed by atoms with E-state index in [0.717, 1.165) is 42.7 Å². The van der Waals surface area contributed by atoms with Gasteiger partial charge in [0.2, 0.25) is 11.8 Å². The molecule has 22 heavy (non-hydrogen) atoms. The minimum atomic E-state index is -1.05. The van der Waals surface area contributed by atoms with Gasteiger partial charge in [-0.2, -0.15) is 0 Å². The van der Waals surface area contributed by atoms with Gasteiger partial charge in [-0.15, -0.1) is 0 Å². The van der Waals surface area contributed by atoms with Crippen molar-refractivity contribution >= 4 is 17.5 Å². The molecule has 1 heterocycles. The van der Waals surface area contributed by atoms with Crippen molar-refractivity contribution in [3.8, 4) is 0 Å². The number of benzene rings is 1. The molecule has 4 nitrogen and oxygen atoms in total. The molecule has 0 radical (unpaired) electrons. The maximum absolute atomic E-state index is 12.7. The summed E-state index contributed by atoms with van der Waals surface area (Å²) in [7, 11) is 0. The Morgan fingerprint density at radius 3 is 2.09 bits per heavy atom. The molecular weight excluding hydrogens is 276 g/mol. The number of nitrogens with zero attached hydrogens (tertiary/aromatic N) is 1. The van der Waals surface area contributed by atoms with Crippen molar-refractivity contribution in [2.45, 2.75) is 47.0 Å². The molecule has 0 spiro atoms. The van der Waals surface area contributed by atoms with E-state index in [9.17, 15) is 9.59 Å². The topological polar surface area (TPSA) is 49.4 Å². The molecule has 1 fully saturated rings. The molecule has 1 aliphatic rings. The summed E-state index contributed by atoms with van der Waals surface area (Å²) < 4.78 is 0. The molecule has 0 bridgehead atoms. The average molecular weight is 302 g/mol. The van der Waals surface area contributed by atoms with Crippen LogP contribution >= 0.6 is 0 Å². The van der Waals surface area contributed by atoms with E-state index in [-0.39, 0.29) is 11.8 Å². The SMILES string of the molecule is Cc1cc(C)cc(NC(=O)C(C)(C)C(=O)N2CCCCC2)c1. The zero-order valence-electron chi connectivity index (χ0n) is 14.0. The first-order chi connectivity index (χ1) is 10.3. The molecule has 1 aromatic rings. The van der Waals surface area contributed by atoms with Crippen LogP contribution in [0.25, 0.3) is 0 Å². The fourth-order valence-electron chi connectivity index (χ4n) is 2.92. The molecule has 120 valence electrons. The monoisotopic (exact) mass is 302 g/mol. The van der Waals surface area contributed by atoms with E-state index >= 15 is 0 Å². The molecule has 1 N–H and O–H groups in total. The van der Waals surface area contributed by atoms with Crippen LogP contribution in [0.1, 0.15) is 44.2 Å². The van der Waals surface area contributed by atoms with Gasteiger partial charge < -0.3 is 10.2 Å². The summed E-state index contributed by atoms with van der Waals surface area (Å²) in [5, 5.41) is 2.90. The van der Waals surface area contributed by atoms with Gasteiger partial charge in [-0.3, -0.25) is 9.59 Å². The van der Waals surface area contributed by atoms with Crippen LogP contribution in [0.15, 0.2) is 18.2 Å². The van der Waals surface area contributed by atoms with Crippen LogP contribution in [-0.2, 0) is 9.59 Å². The molecule has 2 rings (SSSR count). The van der Waals surface area contributed by atoms with Gasteiger partial charge in [0, 0.05) is 18.8 Å². The minimum Gasteiger partial charge on any atom is -0.342 e. The molecule has 1 aromatic carbocycles. The van der Waals surface area contributed by atoms with Gasteiger partial charge in [-0.25, -0.2) is 0 Å². The second kappa shape index (κ2) is 6.51. The van der Waals surface area contributed by atoms with Crippen molar-refractivity contribution in [2.75, 3.05) is 18.4 Å². The highest BCUT2D eigenvalue weighted by Gasteiger charge is 2.39. The first kappa shape index (κ1) is 16.5. The second-order valence-electron chi connectivity index (χ2n) is 6.81. The fraction of sp³-hybridized carbons (Fsp3) is 0.556. The predicted molar refractivity (Wildman–Crippen MR) is 88.8 cm³/mol. The predicted octanol–water partition coefficient (Wildman–Crippen LogP) is 3.28. The first-order valence-electron chi connectivity index (χ1n) is 8.00. The van der Waals surface area contributed by atoms with Crippen molar-refractivity contribution in [1.29, 1.82) is 0 Å². The van der Waals surface area contributed by atoms with Crippen molar-refractivity contribution < 1.29 is 9.59 Å². The van der Waals surface area contributed by atoms with Crippen LogP contribution in [0.3, 0.4) is 0 Å². The maximum atomic E-state index is 12.7. The number of rotatable bonds is 3. The normalized spacial score (nSPS) is 15.5. The fourth-order valence-corrected chi connectivity index (χ4v) is 2.92.